The zero-order valence-corrected chi connectivity index (χ0v) is 2.30. The van der Waals surface area contributed by atoms with Gasteiger partial charge in [0.2, 0.25) is 0 Å². The molecule has 0 aliphatic rings. The minimum atomic E-state index is 1.03. The highest BCUT2D eigenvalue weighted by Gasteiger charge is 1.70. The van der Waals surface area contributed by atoms with Crippen molar-refractivity contribution in [1.29, 1.82) is 0 Å². The molecule has 0 rings (SSSR count). The summed E-state index contributed by atoms with van der Waals surface area (Å²) < 4.78 is 0. The van der Waals surface area contributed by atoms with E-state index >= 15 is 0 Å². The van der Waals surface area contributed by atoms with Gasteiger partial charge in [0.15, 0.2) is 0 Å². The zero-order valence-electron chi connectivity index (χ0n) is 2.30. The van der Waals surface area contributed by atoms with Crippen LogP contribution in [0.3, 0.4) is 0 Å². The summed E-state index contributed by atoms with van der Waals surface area (Å²) >= 11 is 0. The van der Waals surface area contributed by atoms with Gasteiger partial charge in [0.1, 0.15) is 5.10 Å². The zero-order chi connectivity index (χ0) is 4.12. The maximum absolute atomic E-state index is 8.89. The summed E-state index contributed by atoms with van der Waals surface area (Å²) in [4.78, 5) is 0. The maximum Gasteiger partial charge on any atom is 0.662 e. The highest BCUT2D eigenvalue weighted by molar-refractivity contribution is 5.42. The van der Waals surface area contributed by atoms with E-state index in [-0.39, 0.29) is 0 Å². The number of aliphatic hydroxyl groups excluding tert-OH is 1. The molecule has 0 spiro atoms. The highest BCUT2D eigenvalue weighted by Crippen LogP contribution is 1.39. The molecule has 28 valence electrons. The Balaban J connectivity index is 2.62. The number of hydrogen-bond donors (Lipinski definition) is 2. The second-order valence-electron chi connectivity index (χ2n) is 0.303. The third-order valence-electron chi connectivity index (χ3n) is 0.0956. The first kappa shape index (κ1) is 4.14. The summed E-state index contributed by atoms with van der Waals surface area (Å²) in [6.45, 7) is 0. The fraction of sp³-hybridized carbons (Fsp3) is 0. The molecule has 2 N–H and O–H groups in total. The van der Waals surface area contributed by atoms with Crippen LogP contribution < -0.4 is 5.59 Å². The summed E-state index contributed by atoms with van der Waals surface area (Å²) in [5.41, 5.74) is 1.03. The summed E-state index contributed by atoms with van der Waals surface area (Å²) in [5, 5.41) is 18.8. The molecule has 0 atom stereocenters. The molecule has 0 heterocycles. The van der Waals surface area contributed by atoms with Crippen LogP contribution in [0.15, 0.2) is 5.10 Å². The van der Waals surface area contributed by atoms with Crippen molar-refractivity contribution in [1.82, 2.24) is 5.59 Å². The molecule has 5 heavy (non-hydrogen) atoms. The normalized spacial score (nSPS) is 7.40. The summed E-state index contributed by atoms with van der Waals surface area (Å²) in [7, 11) is 0. The number of rotatable bonds is 1. The third kappa shape index (κ3) is 3.14. The fourth-order valence-corrected chi connectivity index (χ4v) is 0.0204. The third-order valence-corrected chi connectivity index (χ3v) is 0.0956. The van der Waals surface area contributed by atoms with Crippen LogP contribution in [0.25, 0.3) is 0 Å². The van der Waals surface area contributed by atoms with Gasteiger partial charge in [-0.3, -0.25) is 5.11 Å². The first-order valence-electron chi connectivity index (χ1n) is 0.875. The van der Waals surface area contributed by atoms with Crippen molar-refractivity contribution in [3.8, 4) is 0 Å². The van der Waals surface area contributed by atoms with E-state index in [2.05, 4.69) is 5.10 Å². The molecule has 0 aromatic rings. The van der Waals surface area contributed by atoms with Crippen LogP contribution in [-0.4, -0.2) is 11.5 Å². The van der Waals surface area contributed by atoms with Crippen LogP contribution in [0.5, 0.6) is 0 Å². The summed E-state index contributed by atoms with van der Waals surface area (Å²) in [6.07, 6.45) is 1.22. The van der Waals surface area contributed by atoms with Crippen molar-refractivity contribution in [2.75, 3.05) is 0 Å². The molecule has 0 fully saturated rings. The topological polar surface area (TPSA) is 67.7 Å². The van der Waals surface area contributed by atoms with Crippen LogP contribution in [0.2, 0.25) is 0 Å². The maximum atomic E-state index is 8.89. The SMILES string of the molecule is [O-]NN=[C+]O. The van der Waals surface area contributed by atoms with E-state index in [0.717, 1.165) is 5.59 Å². The highest BCUT2D eigenvalue weighted by atomic mass is 16.5. The number of hydrazone groups is 1. The van der Waals surface area contributed by atoms with Gasteiger partial charge in [-0.1, -0.05) is 0 Å². The van der Waals surface area contributed by atoms with Gasteiger partial charge in [0.05, 0.1) is 0 Å². The van der Waals surface area contributed by atoms with Gasteiger partial charge >= 0.3 is 6.40 Å². The largest absolute Gasteiger partial charge is 0.741 e. The second-order valence-corrected chi connectivity index (χ2v) is 0.303. The number of aliphatic hydroxyl groups is 1. The molecule has 0 aliphatic heterocycles. The Bertz CT molecular complexity index is 34.6. The molecule has 0 amide bonds. The molecular formula is CH2N2O2. The van der Waals surface area contributed by atoms with E-state index in [1.165, 1.54) is 6.40 Å². The Morgan fingerprint density at radius 1 is 2.00 bits per heavy atom. The van der Waals surface area contributed by atoms with Gasteiger partial charge < -0.3 is 10.8 Å². The lowest BCUT2D eigenvalue weighted by molar-refractivity contribution is 0.572. The molecule has 0 aliphatic carbocycles. The minimum Gasteiger partial charge on any atom is -0.741 e. The molecule has 4 nitrogen and oxygen atoms in total. The van der Waals surface area contributed by atoms with Crippen molar-refractivity contribution in [2.45, 2.75) is 0 Å². The molecule has 0 aromatic carbocycles. The smallest absolute Gasteiger partial charge is 0.662 e. The molecule has 0 bridgehead atoms. The molecule has 0 unspecified atom stereocenters. The standard InChI is InChI=1S/CH2N2O2/c4-1-2-3-5/h3H,(H,2,4). The van der Waals surface area contributed by atoms with Crippen molar-refractivity contribution in [2.24, 2.45) is 5.10 Å². The second kappa shape index (κ2) is 3.14. The van der Waals surface area contributed by atoms with Gasteiger partial charge in [0, 0.05) is 0 Å². The summed E-state index contributed by atoms with van der Waals surface area (Å²) in [5.74, 6) is 0. The fourth-order valence-electron chi connectivity index (χ4n) is 0.0204. The van der Waals surface area contributed by atoms with Gasteiger partial charge in [-0.15, -0.1) is 0 Å². The van der Waals surface area contributed by atoms with E-state index in [1.807, 2.05) is 0 Å². The van der Waals surface area contributed by atoms with E-state index in [0.29, 0.717) is 0 Å². The lowest BCUT2D eigenvalue weighted by atomic mass is 11.5. The van der Waals surface area contributed by atoms with E-state index < -0.39 is 0 Å². The number of nitrogens with one attached hydrogen (secondary N) is 1. The Morgan fingerprint density at radius 3 is 2.60 bits per heavy atom. The van der Waals surface area contributed by atoms with Gasteiger partial charge in [-0.25, -0.2) is 0 Å². The van der Waals surface area contributed by atoms with Crippen molar-refractivity contribution in [3.63, 3.8) is 0 Å². The minimum absolute atomic E-state index is 1.03. The molecule has 0 saturated heterocycles. The lowest BCUT2D eigenvalue weighted by Crippen LogP contribution is -1.88. The molecular weight excluding hydrogens is 72.0 g/mol. The van der Waals surface area contributed by atoms with Crippen LogP contribution >= 0.6 is 0 Å². The Labute approximate surface area is 28.7 Å². The molecule has 0 aromatic heterocycles. The number of nitrogens with zero attached hydrogens (tertiary/aromatic N) is 1. The van der Waals surface area contributed by atoms with Crippen LogP contribution in [0.4, 0.5) is 0 Å². The van der Waals surface area contributed by atoms with Crippen molar-refractivity contribution >= 4 is 6.40 Å². The lowest BCUT2D eigenvalue weighted by Gasteiger charge is -1.83. The number of hydrogen-bond acceptors (Lipinski definition) is 3. The monoisotopic (exact) mass is 74.0 g/mol. The van der Waals surface area contributed by atoms with Crippen LogP contribution in [0.1, 0.15) is 0 Å². The van der Waals surface area contributed by atoms with Crippen LogP contribution in [-0.2, 0) is 0 Å². The Hall–Kier alpha value is -0.860. The van der Waals surface area contributed by atoms with Gasteiger partial charge in [0.25, 0.3) is 0 Å². The molecule has 0 radical (unpaired) electrons. The van der Waals surface area contributed by atoms with Crippen LogP contribution in [0, 0.1) is 5.21 Å². The Morgan fingerprint density at radius 2 is 2.60 bits per heavy atom. The average Bonchev–Trinajstić information content (AvgIpc) is 1.41. The summed E-state index contributed by atoms with van der Waals surface area (Å²) in [6, 6.07) is 0. The molecule has 0 saturated carbocycles. The van der Waals surface area contributed by atoms with E-state index in [1.54, 1.807) is 0 Å². The average molecular weight is 74.0 g/mol. The van der Waals surface area contributed by atoms with Gasteiger partial charge in [-0.05, 0) is 0 Å². The quantitative estimate of drug-likeness (QED) is 0.190. The Kier molecular flexibility index (Phi) is 2.60. The van der Waals surface area contributed by atoms with Crippen molar-refractivity contribution in [3.05, 3.63) is 5.21 Å². The van der Waals surface area contributed by atoms with Gasteiger partial charge in [-0.2, -0.15) is 0 Å². The van der Waals surface area contributed by atoms with E-state index in [9.17, 15) is 0 Å². The van der Waals surface area contributed by atoms with Crippen molar-refractivity contribution < 1.29 is 5.11 Å². The van der Waals surface area contributed by atoms with E-state index in [4.69, 9.17) is 10.3 Å². The predicted octanol–water partition coefficient (Wildman–Crippen LogP) is -0.548. The first-order chi connectivity index (χ1) is 2.41. The molecule has 4 heteroatoms. The first-order valence-corrected chi connectivity index (χ1v) is 0.875. The predicted molar refractivity (Wildman–Crippen MR) is 16.6 cm³/mol.